The third-order valence-electron chi connectivity index (χ3n) is 3.26. The normalized spacial score (nSPS) is 11.3. The van der Waals surface area contributed by atoms with E-state index in [0.29, 0.717) is 26.9 Å². The molecule has 2 aromatic carbocycles. The van der Waals surface area contributed by atoms with Gasteiger partial charge in [0.2, 0.25) is 5.89 Å². The summed E-state index contributed by atoms with van der Waals surface area (Å²) in [5, 5.41) is 18.1. The number of rotatable bonds is 5. The number of carboxylic acids is 1. The molecule has 6 nitrogen and oxygen atoms in total. The molecule has 0 amide bonds. The average molecular weight is 399 g/mol. The first-order valence-corrected chi connectivity index (χ1v) is 7.98. The van der Waals surface area contributed by atoms with Gasteiger partial charge in [0, 0.05) is 0 Å². The summed E-state index contributed by atoms with van der Waals surface area (Å²) >= 11 is 3.32. The maximum Gasteiger partial charge on any atom is 0.341 e. The lowest BCUT2D eigenvalue weighted by Gasteiger charge is -2.06. The lowest BCUT2D eigenvalue weighted by Crippen LogP contribution is -2.09. The van der Waals surface area contributed by atoms with Crippen LogP contribution < -0.4 is 4.74 Å². The van der Waals surface area contributed by atoms with Crippen molar-refractivity contribution in [3.63, 3.8) is 0 Å². The summed E-state index contributed by atoms with van der Waals surface area (Å²) in [4.78, 5) is 14.9. The van der Waals surface area contributed by atoms with Crippen LogP contribution in [0.4, 0.5) is 0 Å². The number of allylic oxidation sites excluding steroid dienone is 1. The Labute approximate surface area is 151 Å². The number of fused-ring (bicyclic) bond motifs is 1. The van der Waals surface area contributed by atoms with Crippen LogP contribution in [0.1, 0.15) is 11.5 Å². The highest BCUT2D eigenvalue weighted by Gasteiger charge is 2.11. The second-order valence-electron chi connectivity index (χ2n) is 5.03. The molecule has 1 aromatic heterocycles. The fraction of sp³-hybridized carbons (Fsp3) is 0.0556. The molecule has 0 aliphatic heterocycles. The standard InChI is InChI=1S/C18H11BrN2O4/c19-13-8-11(5-6-15(13)24-10-17(22)23)7-12(9-20)18-21-14-3-1-2-4-16(14)25-18/h1-8H,10H2,(H,22,23)/b12-7+. The lowest BCUT2D eigenvalue weighted by atomic mass is 10.1. The molecule has 3 aromatic rings. The van der Waals surface area contributed by atoms with Gasteiger partial charge in [0.1, 0.15) is 22.9 Å². The first kappa shape index (κ1) is 16.7. The van der Waals surface area contributed by atoms with E-state index in [2.05, 4.69) is 27.0 Å². The topological polar surface area (TPSA) is 96.3 Å². The number of aromatic nitrogens is 1. The van der Waals surface area contributed by atoms with Crippen LogP contribution in [-0.2, 0) is 4.79 Å². The molecule has 0 unspecified atom stereocenters. The van der Waals surface area contributed by atoms with Gasteiger partial charge in [-0.1, -0.05) is 18.2 Å². The zero-order chi connectivity index (χ0) is 17.8. The fourth-order valence-electron chi connectivity index (χ4n) is 2.16. The largest absolute Gasteiger partial charge is 0.481 e. The number of halogens is 1. The minimum absolute atomic E-state index is 0.242. The van der Waals surface area contributed by atoms with Crippen molar-refractivity contribution in [3.05, 3.63) is 58.4 Å². The Morgan fingerprint density at radius 2 is 2.16 bits per heavy atom. The van der Waals surface area contributed by atoms with Crippen molar-refractivity contribution in [3.8, 4) is 11.8 Å². The summed E-state index contributed by atoms with van der Waals surface area (Å²) in [6, 6.07) is 14.4. The molecular formula is C18H11BrN2O4. The van der Waals surface area contributed by atoms with Gasteiger partial charge in [0.05, 0.1) is 4.47 Å². The molecule has 0 bridgehead atoms. The maximum absolute atomic E-state index is 10.6. The van der Waals surface area contributed by atoms with Gasteiger partial charge in [0.25, 0.3) is 0 Å². The third-order valence-corrected chi connectivity index (χ3v) is 3.88. The van der Waals surface area contributed by atoms with Crippen molar-refractivity contribution < 1.29 is 19.1 Å². The molecule has 0 atom stereocenters. The Balaban J connectivity index is 1.90. The maximum atomic E-state index is 10.6. The molecule has 0 spiro atoms. The molecule has 0 fully saturated rings. The Morgan fingerprint density at radius 3 is 2.84 bits per heavy atom. The SMILES string of the molecule is N#C/C(=C\c1ccc(OCC(=O)O)c(Br)c1)c1nc2ccccc2o1. The average Bonchev–Trinajstić information content (AvgIpc) is 3.02. The molecule has 0 aliphatic carbocycles. The molecule has 0 aliphatic rings. The number of hydrogen-bond acceptors (Lipinski definition) is 5. The van der Waals surface area contributed by atoms with Gasteiger partial charge in [0.15, 0.2) is 12.2 Å². The number of ether oxygens (including phenoxy) is 1. The highest BCUT2D eigenvalue weighted by Crippen LogP contribution is 2.28. The van der Waals surface area contributed by atoms with Crippen LogP contribution >= 0.6 is 15.9 Å². The first-order valence-electron chi connectivity index (χ1n) is 7.18. The Morgan fingerprint density at radius 1 is 1.36 bits per heavy atom. The number of carbonyl (C=O) groups is 1. The molecule has 0 saturated heterocycles. The van der Waals surface area contributed by atoms with E-state index in [4.69, 9.17) is 14.3 Å². The number of nitrogens with zero attached hydrogens (tertiary/aromatic N) is 2. The van der Waals surface area contributed by atoms with E-state index in [-0.39, 0.29) is 11.5 Å². The van der Waals surface area contributed by atoms with Crippen LogP contribution in [0, 0.1) is 11.3 Å². The van der Waals surface area contributed by atoms with Gasteiger partial charge in [-0.2, -0.15) is 5.26 Å². The number of nitriles is 1. The van der Waals surface area contributed by atoms with Crippen LogP contribution in [0.2, 0.25) is 0 Å². The van der Waals surface area contributed by atoms with Crippen LogP contribution in [0.25, 0.3) is 22.7 Å². The molecule has 0 radical (unpaired) electrons. The van der Waals surface area contributed by atoms with Crippen LogP contribution in [0.3, 0.4) is 0 Å². The highest BCUT2D eigenvalue weighted by atomic mass is 79.9. The van der Waals surface area contributed by atoms with Crippen LogP contribution in [0.5, 0.6) is 5.75 Å². The fourth-order valence-corrected chi connectivity index (χ4v) is 2.67. The summed E-state index contributed by atoms with van der Waals surface area (Å²) in [6.45, 7) is -0.430. The number of aliphatic carboxylic acids is 1. The Bertz CT molecular complexity index is 984. The Kier molecular flexibility index (Phi) is 4.82. The van der Waals surface area contributed by atoms with Crippen molar-refractivity contribution in [2.75, 3.05) is 6.61 Å². The van der Waals surface area contributed by atoms with Gasteiger partial charge in [-0.25, -0.2) is 9.78 Å². The summed E-state index contributed by atoms with van der Waals surface area (Å²) in [7, 11) is 0. The molecule has 1 heterocycles. The number of benzene rings is 2. The predicted molar refractivity (Wildman–Crippen MR) is 94.8 cm³/mol. The van der Waals surface area contributed by atoms with Crippen molar-refractivity contribution in [1.82, 2.24) is 4.98 Å². The van der Waals surface area contributed by atoms with E-state index in [1.807, 2.05) is 18.2 Å². The van der Waals surface area contributed by atoms with E-state index >= 15 is 0 Å². The minimum Gasteiger partial charge on any atom is -0.481 e. The van der Waals surface area contributed by atoms with E-state index < -0.39 is 12.6 Å². The molecule has 7 heteroatoms. The van der Waals surface area contributed by atoms with Crippen LogP contribution in [0.15, 0.2) is 51.4 Å². The van der Waals surface area contributed by atoms with Gasteiger partial charge in [-0.15, -0.1) is 0 Å². The zero-order valence-electron chi connectivity index (χ0n) is 12.8. The minimum atomic E-state index is -1.06. The number of para-hydroxylation sites is 2. The Hall–Kier alpha value is -3.11. The van der Waals surface area contributed by atoms with Gasteiger partial charge < -0.3 is 14.3 Å². The predicted octanol–water partition coefficient (Wildman–Crippen LogP) is 4.12. The van der Waals surface area contributed by atoms with E-state index in [9.17, 15) is 10.1 Å². The molecule has 1 N–H and O–H groups in total. The summed E-state index contributed by atoms with van der Waals surface area (Å²) < 4.78 is 11.3. The third kappa shape index (κ3) is 3.87. The van der Waals surface area contributed by atoms with Crippen molar-refractivity contribution in [1.29, 1.82) is 5.26 Å². The number of hydrogen-bond donors (Lipinski definition) is 1. The van der Waals surface area contributed by atoms with E-state index in [1.165, 1.54) is 0 Å². The molecular weight excluding hydrogens is 388 g/mol. The van der Waals surface area contributed by atoms with E-state index in [0.717, 1.165) is 0 Å². The second kappa shape index (κ2) is 7.20. The smallest absolute Gasteiger partial charge is 0.341 e. The number of carboxylic acid groups (broad SMARTS) is 1. The first-order chi connectivity index (χ1) is 12.1. The van der Waals surface area contributed by atoms with Gasteiger partial charge >= 0.3 is 5.97 Å². The molecule has 3 rings (SSSR count). The quantitative estimate of drug-likeness (QED) is 0.649. The van der Waals surface area contributed by atoms with Gasteiger partial charge in [-0.05, 0) is 51.8 Å². The second-order valence-corrected chi connectivity index (χ2v) is 5.88. The summed E-state index contributed by atoms with van der Waals surface area (Å²) in [5.41, 5.74) is 2.28. The van der Waals surface area contributed by atoms with Crippen molar-refractivity contribution >= 4 is 44.6 Å². The lowest BCUT2D eigenvalue weighted by molar-refractivity contribution is -0.139. The zero-order valence-corrected chi connectivity index (χ0v) is 14.4. The van der Waals surface area contributed by atoms with Crippen molar-refractivity contribution in [2.45, 2.75) is 0 Å². The molecule has 0 saturated carbocycles. The van der Waals surface area contributed by atoms with Crippen LogP contribution in [-0.4, -0.2) is 22.7 Å². The molecule has 124 valence electrons. The summed E-state index contributed by atoms with van der Waals surface area (Å²) in [5.74, 6) is -0.412. The summed E-state index contributed by atoms with van der Waals surface area (Å²) in [6.07, 6.45) is 1.64. The van der Waals surface area contributed by atoms with Crippen molar-refractivity contribution in [2.24, 2.45) is 0 Å². The van der Waals surface area contributed by atoms with Gasteiger partial charge in [-0.3, -0.25) is 0 Å². The monoisotopic (exact) mass is 398 g/mol. The highest BCUT2D eigenvalue weighted by molar-refractivity contribution is 9.10. The van der Waals surface area contributed by atoms with E-state index in [1.54, 1.807) is 30.3 Å². The number of oxazole rings is 1. The molecule has 25 heavy (non-hydrogen) atoms.